The molecule has 2 aromatic rings. The van der Waals surface area contributed by atoms with Crippen LogP contribution in [0.5, 0.6) is 5.88 Å². The number of rotatable bonds is 15. The molecule has 1 aliphatic heterocycles. The minimum Gasteiger partial charge on any atom is -0.479 e. The monoisotopic (exact) mass is 617 g/mol. The van der Waals surface area contributed by atoms with Gasteiger partial charge in [0.25, 0.3) is 0 Å². The Morgan fingerprint density at radius 1 is 1.21 bits per heavy atom. The van der Waals surface area contributed by atoms with E-state index in [0.29, 0.717) is 11.3 Å². The molecule has 0 bridgehead atoms. The highest BCUT2D eigenvalue weighted by Crippen LogP contribution is 2.47. The molecule has 1 fully saturated rings. The van der Waals surface area contributed by atoms with E-state index >= 15 is 0 Å². The predicted octanol–water partition coefficient (Wildman–Crippen LogP) is 1.42. The number of carbonyl (C=O) groups is 2. The first-order valence-electron chi connectivity index (χ1n) is 13.6. The van der Waals surface area contributed by atoms with E-state index in [1.807, 2.05) is 13.8 Å². The van der Waals surface area contributed by atoms with E-state index in [1.54, 1.807) is 20.8 Å². The highest BCUT2D eigenvalue weighted by Gasteiger charge is 2.54. The molecule has 6 atom stereocenters. The molecule has 16 nitrogen and oxygen atoms in total. The molecule has 0 spiro atoms. The fourth-order valence-electron chi connectivity index (χ4n) is 4.42. The Labute approximate surface area is 243 Å². The van der Waals surface area contributed by atoms with Crippen LogP contribution in [0, 0.1) is 12.8 Å². The third kappa shape index (κ3) is 7.81. The van der Waals surface area contributed by atoms with Gasteiger partial charge in [-0.2, -0.15) is 4.98 Å². The Morgan fingerprint density at radius 2 is 1.90 bits per heavy atom. The smallest absolute Gasteiger partial charge is 0.406 e. The minimum atomic E-state index is -4.42. The van der Waals surface area contributed by atoms with Crippen LogP contribution in [0.3, 0.4) is 0 Å². The standard InChI is InChI=1S/C25H40N5O11P/c1-8-37-18(31)12-40-42(35,29-16(10-14(3)4)23(33)38-9-2)39-11-17-20(32)25(6,34)24(41-17)30-13-26-19-21(30)27-15(5)28-22(19)36-7/h13-14,16-17,20,24,32,34H,8-12H2,1-7H3,(H,29,35)/t16-,17+,20?,24+,25-,42?/m0/s1. The maximum atomic E-state index is 13.8. The highest BCUT2D eigenvalue weighted by atomic mass is 31.2. The summed E-state index contributed by atoms with van der Waals surface area (Å²) < 4.78 is 47.4. The number of aromatic nitrogens is 4. The van der Waals surface area contributed by atoms with Crippen LogP contribution in [-0.2, 0) is 37.4 Å². The maximum Gasteiger partial charge on any atom is 0.406 e. The average molecular weight is 618 g/mol. The van der Waals surface area contributed by atoms with Crippen molar-refractivity contribution in [1.29, 1.82) is 0 Å². The van der Waals surface area contributed by atoms with E-state index in [2.05, 4.69) is 20.0 Å². The lowest BCUT2D eigenvalue weighted by atomic mass is 9.96. The molecule has 2 unspecified atom stereocenters. The van der Waals surface area contributed by atoms with Crippen molar-refractivity contribution in [3.05, 3.63) is 12.2 Å². The molecule has 3 rings (SSSR count). The summed E-state index contributed by atoms with van der Waals surface area (Å²) in [7, 11) is -2.99. The number of ether oxygens (including phenoxy) is 4. The molecule has 3 N–H and O–H groups in total. The highest BCUT2D eigenvalue weighted by molar-refractivity contribution is 7.51. The van der Waals surface area contributed by atoms with E-state index in [4.69, 9.17) is 28.0 Å². The molecule has 0 aliphatic carbocycles. The normalized spacial score (nSPS) is 24.5. The second-order valence-corrected chi connectivity index (χ2v) is 12.0. The Morgan fingerprint density at radius 3 is 2.52 bits per heavy atom. The number of nitrogens with one attached hydrogen (secondary N) is 1. The summed E-state index contributed by atoms with van der Waals surface area (Å²) in [5.41, 5.74) is -1.29. The summed E-state index contributed by atoms with van der Waals surface area (Å²) in [5.74, 6) is -0.911. The van der Waals surface area contributed by atoms with Gasteiger partial charge in [-0.15, -0.1) is 0 Å². The van der Waals surface area contributed by atoms with Crippen LogP contribution in [0.15, 0.2) is 6.33 Å². The summed E-state index contributed by atoms with van der Waals surface area (Å²) in [6.45, 7) is 8.78. The van der Waals surface area contributed by atoms with Crippen molar-refractivity contribution in [3.8, 4) is 5.88 Å². The van der Waals surface area contributed by atoms with Crippen LogP contribution in [0.1, 0.15) is 53.1 Å². The van der Waals surface area contributed by atoms with Gasteiger partial charge < -0.3 is 29.2 Å². The number of esters is 2. The van der Waals surface area contributed by atoms with Gasteiger partial charge in [0.2, 0.25) is 5.88 Å². The van der Waals surface area contributed by atoms with Gasteiger partial charge in [-0.05, 0) is 40.0 Å². The molecule has 3 heterocycles. The average Bonchev–Trinajstić information content (AvgIpc) is 3.43. The van der Waals surface area contributed by atoms with Gasteiger partial charge in [0, 0.05) is 0 Å². The predicted molar refractivity (Wildman–Crippen MR) is 146 cm³/mol. The van der Waals surface area contributed by atoms with Gasteiger partial charge in [0.05, 0.1) is 33.3 Å². The lowest BCUT2D eigenvalue weighted by Crippen LogP contribution is -2.44. The fraction of sp³-hybridized carbons (Fsp3) is 0.720. The van der Waals surface area contributed by atoms with Gasteiger partial charge in [-0.25, -0.2) is 24.4 Å². The van der Waals surface area contributed by atoms with Gasteiger partial charge in [-0.1, -0.05) is 13.8 Å². The third-order valence-corrected chi connectivity index (χ3v) is 7.95. The van der Waals surface area contributed by atoms with Crippen molar-refractivity contribution < 1.29 is 52.4 Å². The Bertz CT molecular complexity index is 1290. The largest absolute Gasteiger partial charge is 0.479 e. The number of hydrogen-bond donors (Lipinski definition) is 3. The van der Waals surface area contributed by atoms with Gasteiger partial charge in [0.1, 0.15) is 29.7 Å². The zero-order valence-electron chi connectivity index (χ0n) is 24.8. The number of aliphatic hydroxyl groups is 2. The topological polar surface area (TPSA) is 203 Å². The van der Waals surface area contributed by atoms with Crippen molar-refractivity contribution in [3.63, 3.8) is 0 Å². The Kier molecular flexibility index (Phi) is 11.4. The minimum absolute atomic E-state index is 0.0164. The lowest BCUT2D eigenvalue weighted by Gasteiger charge is -2.27. The van der Waals surface area contributed by atoms with Crippen LogP contribution < -0.4 is 9.82 Å². The summed E-state index contributed by atoms with van der Waals surface area (Å²) in [5, 5.41) is 24.8. The summed E-state index contributed by atoms with van der Waals surface area (Å²) in [4.78, 5) is 37.4. The van der Waals surface area contributed by atoms with Crippen molar-refractivity contribution in [2.75, 3.05) is 33.5 Å². The first kappa shape index (κ1) is 33.8. The first-order valence-corrected chi connectivity index (χ1v) is 15.1. The Balaban J connectivity index is 1.85. The van der Waals surface area contributed by atoms with E-state index in [0.717, 1.165) is 0 Å². The molecular weight excluding hydrogens is 577 g/mol. The van der Waals surface area contributed by atoms with Gasteiger partial charge in [0.15, 0.2) is 24.0 Å². The maximum absolute atomic E-state index is 13.8. The van der Waals surface area contributed by atoms with Crippen molar-refractivity contribution in [1.82, 2.24) is 24.6 Å². The van der Waals surface area contributed by atoms with Crippen LogP contribution in [-0.4, -0.2) is 99.1 Å². The van der Waals surface area contributed by atoms with E-state index in [9.17, 15) is 24.4 Å². The number of nitrogens with zero attached hydrogens (tertiary/aromatic N) is 4. The summed E-state index contributed by atoms with van der Waals surface area (Å²) >= 11 is 0. The zero-order valence-corrected chi connectivity index (χ0v) is 25.7. The van der Waals surface area contributed by atoms with Crippen LogP contribution in [0.2, 0.25) is 0 Å². The van der Waals surface area contributed by atoms with Gasteiger partial charge in [-0.3, -0.25) is 18.4 Å². The van der Waals surface area contributed by atoms with Crippen LogP contribution >= 0.6 is 7.75 Å². The lowest BCUT2D eigenvalue weighted by molar-refractivity contribution is -0.145. The first-order chi connectivity index (χ1) is 19.8. The number of methoxy groups -OCH3 is 1. The van der Waals surface area contributed by atoms with Crippen molar-refractivity contribution in [2.24, 2.45) is 5.92 Å². The number of hydrogen-bond acceptors (Lipinski definition) is 14. The molecule has 0 aromatic carbocycles. The molecule has 42 heavy (non-hydrogen) atoms. The van der Waals surface area contributed by atoms with E-state index < -0.39 is 63.0 Å². The molecule has 236 valence electrons. The van der Waals surface area contributed by atoms with Crippen LogP contribution in [0.25, 0.3) is 11.2 Å². The molecule has 17 heteroatoms. The number of fused-ring (bicyclic) bond motifs is 1. The zero-order chi connectivity index (χ0) is 31.2. The number of carbonyl (C=O) groups excluding carboxylic acids is 2. The summed E-state index contributed by atoms with van der Waals surface area (Å²) in [6, 6.07) is -1.10. The third-order valence-electron chi connectivity index (χ3n) is 6.36. The second-order valence-electron chi connectivity index (χ2n) is 10.2. The molecular formula is C25H40N5O11P. The van der Waals surface area contributed by atoms with E-state index in [-0.39, 0.29) is 37.1 Å². The molecule has 0 radical (unpaired) electrons. The van der Waals surface area contributed by atoms with Crippen molar-refractivity contribution in [2.45, 2.75) is 78.0 Å². The van der Waals surface area contributed by atoms with Gasteiger partial charge >= 0.3 is 19.7 Å². The molecule has 1 saturated heterocycles. The fourth-order valence-corrected chi connectivity index (χ4v) is 5.85. The van der Waals surface area contributed by atoms with Crippen LogP contribution in [0.4, 0.5) is 0 Å². The molecule has 2 aromatic heterocycles. The van der Waals surface area contributed by atoms with Crippen molar-refractivity contribution >= 4 is 30.8 Å². The summed E-state index contributed by atoms with van der Waals surface area (Å²) in [6.07, 6.45) is -2.40. The number of aliphatic hydroxyl groups excluding tert-OH is 1. The number of imidazole rings is 1. The van der Waals surface area contributed by atoms with E-state index in [1.165, 1.54) is 24.9 Å². The molecule has 0 saturated carbocycles. The quantitative estimate of drug-likeness (QED) is 0.191. The second kappa shape index (κ2) is 14.2. The molecule has 1 aliphatic rings. The SMILES string of the molecule is CCOC(=O)COP(=O)(N[C@@H](CC(C)C)C(=O)OCC)OC[C@H]1O[C@@H](n2cnc3c(OC)nc(C)nc32)[C@@](C)(O)C1O. The Hall–Kier alpha value is -2.72. The number of aryl methyl sites for hydroxylation is 1. The molecule has 0 amide bonds.